The van der Waals surface area contributed by atoms with Gasteiger partial charge in [-0.3, -0.25) is 0 Å². The van der Waals surface area contributed by atoms with Crippen LogP contribution in [0.25, 0.3) is 5.69 Å². The van der Waals surface area contributed by atoms with Crippen LogP contribution in [0, 0.1) is 6.92 Å². The second-order valence-corrected chi connectivity index (χ2v) is 5.55. The van der Waals surface area contributed by atoms with Crippen molar-refractivity contribution < 1.29 is 4.74 Å². The van der Waals surface area contributed by atoms with Crippen LogP contribution >= 0.6 is 0 Å². The molecule has 3 heteroatoms. The van der Waals surface area contributed by atoms with E-state index in [-0.39, 0.29) is 5.41 Å². The molecular weight excluding hydrogens is 224 g/mol. The maximum absolute atomic E-state index is 5.34. The van der Waals surface area contributed by atoms with Crippen LogP contribution in [-0.2, 0) is 5.41 Å². The normalized spacial score (nSPS) is 11.6. The molecule has 0 N–H and O–H groups in total. The molecule has 2 aromatic rings. The summed E-state index contributed by atoms with van der Waals surface area (Å²) in [6.07, 6.45) is 1.99. The monoisotopic (exact) mass is 244 g/mol. The zero-order valence-electron chi connectivity index (χ0n) is 11.7. The molecule has 0 spiro atoms. The quantitative estimate of drug-likeness (QED) is 0.808. The smallest absolute Gasteiger partial charge is 0.123 e. The van der Waals surface area contributed by atoms with Crippen molar-refractivity contribution in [2.45, 2.75) is 33.1 Å². The van der Waals surface area contributed by atoms with Crippen molar-refractivity contribution in [2.24, 2.45) is 0 Å². The number of methoxy groups -OCH3 is 1. The lowest BCUT2D eigenvalue weighted by Gasteiger charge is -2.14. The summed E-state index contributed by atoms with van der Waals surface area (Å²) in [5.74, 6) is 0.889. The molecule has 1 aromatic carbocycles. The molecule has 18 heavy (non-hydrogen) atoms. The molecule has 0 amide bonds. The van der Waals surface area contributed by atoms with Gasteiger partial charge in [-0.25, -0.2) is 4.68 Å². The summed E-state index contributed by atoms with van der Waals surface area (Å²) in [4.78, 5) is 0. The topological polar surface area (TPSA) is 27.1 Å². The van der Waals surface area contributed by atoms with Gasteiger partial charge < -0.3 is 4.74 Å². The molecule has 1 heterocycles. The van der Waals surface area contributed by atoms with E-state index in [1.807, 2.05) is 29.9 Å². The van der Waals surface area contributed by atoms with Gasteiger partial charge in [0.05, 0.1) is 18.5 Å². The average Bonchev–Trinajstić information content (AvgIpc) is 2.78. The second-order valence-electron chi connectivity index (χ2n) is 5.55. The van der Waals surface area contributed by atoms with E-state index in [2.05, 4.69) is 38.0 Å². The maximum atomic E-state index is 5.34. The molecule has 0 bridgehead atoms. The molecular formula is C15H20N2O. The van der Waals surface area contributed by atoms with Gasteiger partial charge in [0.2, 0.25) is 0 Å². The van der Waals surface area contributed by atoms with Crippen LogP contribution in [0.5, 0.6) is 5.75 Å². The Morgan fingerprint density at radius 3 is 2.44 bits per heavy atom. The molecule has 0 atom stereocenters. The lowest BCUT2D eigenvalue weighted by Crippen LogP contribution is -2.12. The number of hydrogen-bond donors (Lipinski definition) is 0. The summed E-state index contributed by atoms with van der Waals surface area (Å²) in [6, 6.07) is 8.17. The van der Waals surface area contributed by atoms with Gasteiger partial charge in [0, 0.05) is 17.7 Å². The second kappa shape index (κ2) is 4.48. The van der Waals surface area contributed by atoms with Crippen LogP contribution < -0.4 is 4.74 Å². The standard InChI is InChI=1S/C15H20N2O/c1-11-6-7-12(10-13(11)18-5)17-9-8-14(16-17)15(2,3)4/h6-10H,1-5H3. The van der Waals surface area contributed by atoms with E-state index in [1.165, 1.54) is 0 Å². The minimum atomic E-state index is 0.0695. The first-order chi connectivity index (χ1) is 8.41. The van der Waals surface area contributed by atoms with Crippen LogP contribution in [0.2, 0.25) is 0 Å². The summed E-state index contributed by atoms with van der Waals surface area (Å²) in [5, 5.41) is 4.62. The van der Waals surface area contributed by atoms with Gasteiger partial charge in [-0.2, -0.15) is 5.10 Å². The number of aromatic nitrogens is 2. The molecule has 96 valence electrons. The van der Waals surface area contributed by atoms with Gasteiger partial charge in [-0.1, -0.05) is 26.8 Å². The van der Waals surface area contributed by atoms with Crippen LogP contribution in [0.1, 0.15) is 32.0 Å². The third-order valence-corrected chi connectivity index (χ3v) is 3.01. The highest BCUT2D eigenvalue weighted by atomic mass is 16.5. The van der Waals surface area contributed by atoms with Gasteiger partial charge >= 0.3 is 0 Å². The molecule has 2 rings (SSSR count). The Labute approximate surface area is 108 Å². The number of rotatable bonds is 2. The zero-order chi connectivity index (χ0) is 13.3. The van der Waals surface area contributed by atoms with Crippen molar-refractivity contribution >= 4 is 0 Å². The lowest BCUT2D eigenvalue weighted by atomic mass is 9.93. The fraction of sp³-hybridized carbons (Fsp3) is 0.400. The first-order valence-corrected chi connectivity index (χ1v) is 6.13. The Kier molecular flexibility index (Phi) is 3.16. The molecule has 1 aromatic heterocycles. The van der Waals surface area contributed by atoms with Crippen molar-refractivity contribution in [1.82, 2.24) is 9.78 Å². The van der Waals surface area contributed by atoms with Crippen LogP contribution in [-0.4, -0.2) is 16.9 Å². The fourth-order valence-corrected chi connectivity index (χ4v) is 1.82. The summed E-state index contributed by atoms with van der Waals surface area (Å²) < 4.78 is 7.23. The summed E-state index contributed by atoms with van der Waals surface area (Å²) >= 11 is 0. The number of benzene rings is 1. The Morgan fingerprint density at radius 1 is 1.17 bits per heavy atom. The largest absolute Gasteiger partial charge is 0.496 e. The molecule has 0 aliphatic heterocycles. The molecule has 0 radical (unpaired) electrons. The van der Waals surface area contributed by atoms with Crippen LogP contribution in [0.15, 0.2) is 30.5 Å². The molecule has 0 fully saturated rings. The van der Waals surface area contributed by atoms with E-state index in [4.69, 9.17) is 4.74 Å². The Hall–Kier alpha value is -1.77. The number of nitrogens with zero attached hydrogens (tertiary/aromatic N) is 2. The van der Waals surface area contributed by atoms with Crippen molar-refractivity contribution in [2.75, 3.05) is 7.11 Å². The van der Waals surface area contributed by atoms with E-state index >= 15 is 0 Å². The van der Waals surface area contributed by atoms with Crippen molar-refractivity contribution in [3.8, 4) is 11.4 Å². The third kappa shape index (κ3) is 2.40. The molecule has 0 aliphatic rings. The predicted octanol–water partition coefficient (Wildman–Crippen LogP) is 3.49. The Morgan fingerprint density at radius 2 is 1.89 bits per heavy atom. The summed E-state index contributed by atoms with van der Waals surface area (Å²) in [5.41, 5.74) is 3.31. The van der Waals surface area contributed by atoms with E-state index in [0.29, 0.717) is 0 Å². The highest BCUT2D eigenvalue weighted by Crippen LogP contribution is 2.24. The van der Waals surface area contributed by atoms with E-state index in [1.54, 1.807) is 7.11 Å². The van der Waals surface area contributed by atoms with Crippen LogP contribution in [0.4, 0.5) is 0 Å². The summed E-state index contributed by atoms with van der Waals surface area (Å²) in [7, 11) is 1.69. The molecule has 0 unspecified atom stereocenters. The van der Waals surface area contributed by atoms with Gasteiger partial charge in [0.1, 0.15) is 5.75 Å². The minimum Gasteiger partial charge on any atom is -0.496 e. The van der Waals surface area contributed by atoms with E-state index in [9.17, 15) is 0 Å². The highest BCUT2D eigenvalue weighted by molar-refractivity contribution is 5.44. The van der Waals surface area contributed by atoms with Gasteiger partial charge in [-0.05, 0) is 24.6 Å². The van der Waals surface area contributed by atoms with Gasteiger partial charge in [0.15, 0.2) is 0 Å². The molecule has 0 saturated heterocycles. The SMILES string of the molecule is COc1cc(-n2ccc(C(C)(C)C)n2)ccc1C. The third-order valence-electron chi connectivity index (χ3n) is 3.01. The number of aryl methyl sites for hydroxylation is 1. The molecule has 0 saturated carbocycles. The minimum absolute atomic E-state index is 0.0695. The Balaban J connectivity index is 2.40. The van der Waals surface area contributed by atoms with E-state index < -0.39 is 0 Å². The maximum Gasteiger partial charge on any atom is 0.123 e. The summed E-state index contributed by atoms with van der Waals surface area (Å²) in [6.45, 7) is 8.52. The van der Waals surface area contributed by atoms with Gasteiger partial charge in [0.25, 0.3) is 0 Å². The zero-order valence-corrected chi connectivity index (χ0v) is 11.7. The van der Waals surface area contributed by atoms with Crippen LogP contribution in [0.3, 0.4) is 0 Å². The molecule has 0 aliphatic carbocycles. The average molecular weight is 244 g/mol. The first kappa shape index (κ1) is 12.7. The van der Waals surface area contributed by atoms with Gasteiger partial charge in [-0.15, -0.1) is 0 Å². The first-order valence-electron chi connectivity index (χ1n) is 6.13. The van der Waals surface area contributed by atoms with E-state index in [0.717, 1.165) is 22.7 Å². The number of ether oxygens (including phenoxy) is 1. The van der Waals surface area contributed by atoms with Crippen molar-refractivity contribution in [3.63, 3.8) is 0 Å². The number of hydrogen-bond acceptors (Lipinski definition) is 2. The van der Waals surface area contributed by atoms with Crippen molar-refractivity contribution in [1.29, 1.82) is 0 Å². The van der Waals surface area contributed by atoms with Crippen molar-refractivity contribution in [3.05, 3.63) is 41.7 Å². The predicted molar refractivity (Wildman–Crippen MR) is 73.6 cm³/mol. The Bertz CT molecular complexity index is 550. The highest BCUT2D eigenvalue weighted by Gasteiger charge is 2.17. The molecule has 3 nitrogen and oxygen atoms in total. The lowest BCUT2D eigenvalue weighted by molar-refractivity contribution is 0.411. The fourth-order valence-electron chi connectivity index (χ4n) is 1.82.